The maximum absolute atomic E-state index is 9.77. The van der Waals surface area contributed by atoms with Crippen molar-refractivity contribution in [2.24, 2.45) is 0 Å². The van der Waals surface area contributed by atoms with Crippen molar-refractivity contribution in [3.8, 4) is 0 Å². The maximum atomic E-state index is 9.77. The Bertz CT molecular complexity index is 130. The molecule has 3 nitrogen and oxygen atoms in total. The van der Waals surface area contributed by atoms with Crippen molar-refractivity contribution in [3.05, 3.63) is 0 Å². The van der Waals surface area contributed by atoms with Crippen LogP contribution in [0.1, 0.15) is 0 Å². The van der Waals surface area contributed by atoms with Gasteiger partial charge in [-0.05, 0) is 0 Å². The molecular formula is CH4AgF3O3S. The standard InChI is InChI=1S/CH4O3S.Ag.3FH/c1-5(2,3)4;;;;/h1H3,(H,2,3,4);;3*1H/q;+3;;;/p-3. The second-order valence-electron chi connectivity index (χ2n) is 0.862. The third kappa shape index (κ3) is 1810. The van der Waals surface area contributed by atoms with Gasteiger partial charge < -0.3 is 0 Å². The number of rotatable bonds is 0. The zero-order valence-electron chi connectivity index (χ0n) is 4.11. The first-order valence-electron chi connectivity index (χ1n) is 1.27. The van der Waals surface area contributed by atoms with Gasteiger partial charge in [0.05, 0.1) is 6.26 Å². The van der Waals surface area contributed by atoms with Crippen LogP contribution >= 0.6 is 0 Å². The normalized spacial score (nSPS) is 11.4. The quantitative estimate of drug-likeness (QED) is 0.517. The Morgan fingerprint density at radius 3 is 1.33 bits per heavy atom. The summed E-state index contributed by atoms with van der Waals surface area (Å²) in [6.45, 7) is 0. The summed E-state index contributed by atoms with van der Waals surface area (Å²) in [7, 11) is -3.67. The van der Waals surface area contributed by atoms with Crippen LogP contribution in [0.5, 0.6) is 0 Å². The number of hydrogen-bond donors (Lipinski definition) is 1. The van der Waals surface area contributed by atoms with E-state index >= 15 is 0 Å². The van der Waals surface area contributed by atoms with Gasteiger partial charge in [-0.2, -0.15) is 8.42 Å². The fraction of sp³-hybridized carbons (Fsp3) is 1.00. The Balaban J connectivity index is 0. The Hall–Kier alpha value is 0.440. The van der Waals surface area contributed by atoms with Gasteiger partial charge in [0.1, 0.15) is 0 Å². The summed E-state index contributed by atoms with van der Waals surface area (Å²) >= 11 is -4.39. The molecule has 0 aliphatic heterocycles. The predicted molar refractivity (Wildman–Crippen MR) is 20.8 cm³/mol. The summed E-state index contributed by atoms with van der Waals surface area (Å²) in [6, 6.07) is 0. The van der Waals surface area contributed by atoms with E-state index in [0.717, 1.165) is 0 Å². The third-order valence-electron chi connectivity index (χ3n) is 0. The van der Waals surface area contributed by atoms with Crippen LogP contribution in [0, 0.1) is 0 Å². The second kappa shape index (κ2) is 5.24. The van der Waals surface area contributed by atoms with E-state index in [4.69, 9.17) is 4.55 Å². The number of halogens is 3. The van der Waals surface area contributed by atoms with Crippen molar-refractivity contribution in [3.63, 3.8) is 0 Å². The van der Waals surface area contributed by atoms with Gasteiger partial charge in [0.15, 0.2) is 0 Å². The van der Waals surface area contributed by atoms with Crippen molar-refractivity contribution in [2.45, 2.75) is 0 Å². The minimum absolute atomic E-state index is 0.715. The molecule has 1 N–H and O–H groups in total. The zero-order chi connectivity index (χ0) is 8.08. The fourth-order valence-electron chi connectivity index (χ4n) is 0. The van der Waals surface area contributed by atoms with Crippen molar-refractivity contribution >= 4 is 10.1 Å². The van der Waals surface area contributed by atoms with Gasteiger partial charge in [0.2, 0.25) is 0 Å². The molecule has 0 fully saturated rings. The van der Waals surface area contributed by atoms with Crippen LogP contribution in [-0.4, -0.2) is 19.2 Å². The van der Waals surface area contributed by atoms with Crippen LogP contribution in [0.3, 0.4) is 0 Å². The third-order valence-corrected chi connectivity index (χ3v) is 0. The minimum atomic E-state index is -4.39. The van der Waals surface area contributed by atoms with Gasteiger partial charge in [-0.15, -0.1) is 0 Å². The Morgan fingerprint density at radius 1 is 1.33 bits per heavy atom. The molecule has 9 heavy (non-hydrogen) atoms. The number of hydrogen-bond acceptors (Lipinski definition) is 2. The van der Waals surface area contributed by atoms with Gasteiger partial charge in [-0.3, -0.25) is 4.55 Å². The molecule has 0 bridgehead atoms. The molecular weight excluding hydrogens is 257 g/mol. The molecule has 0 aliphatic carbocycles. The van der Waals surface area contributed by atoms with Crippen LogP contribution in [0.2, 0.25) is 0 Å². The Labute approximate surface area is 58.8 Å². The molecule has 0 aromatic carbocycles. The van der Waals surface area contributed by atoms with Crippen molar-refractivity contribution < 1.29 is 42.1 Å². The van der Waals surface area contributed by atoms with Gasteiger partial charge in [0, 0.05) is 0 Å². The van der Waals surface area contributed by atoms with Crippen LogP contribution in [0.15, 0.2) is 0 Å². The van der Waals surface area contributed by atoms with Gasteiger partial charge in [0.25, 0.3) is 10.1 Å². The van der Waals surface area contributed by atoms with E-state index in [9.17, 15) is 17.5 Å². The summed E-state index contributed by atoms with van der Waals surface area (Å²) in [6.07, 6.45) is 0.715. The SMILES string of the molecule is CS(=O)(=O)O.[F][Ag]([F])[F]. The molecule has 8 heteroatoms. The monoisotopic (exact) mass is 260 g/mol. The summed E-state index contributed by atoms with van der Waals surface area (Å²) in [5, 5.41) is 0. The molecule has 0 radical (unpaired) electrons. The summed E-state index contributed by atoms with van der Waals surface area (Å²) in [5.41, 5.74) is 0. The molecule has 0 aliphatic rings. The zero-order valence-corrected chi connectivity index (χ0v) is 6.41. The summed E-state index contributed by atoms with van der Waals surface area (Å²) < 4.78 is 55.2. The average molecular weight is 261 g/mol. The topological polar surface area (TPSA) is 54.4 Å². The van der Waals surface area contributed by atoms with E-state index in [1.54, 1.807) is 0 Å². The molecule has 0 amide bonds. The van der Waals surface area contributed by atoms with Crippen LogP contribution in [-0.2, 0) is 30.2 Å². The van der Waals surface area contributed by atoms with E-state index in [2.05, 4.69) is 0 Å². The summed E-state index contributed by atoms with van der Waals surface area (Å²) in [4.78, 5) is 0. The average Bonchev–Trinajstić information content (AvgIpc) is 1.19. The first kappa shape index (κ1) is 12.1. The van der Waals surface area contributed by atoms with Crippen LogP contribution < -0.4 is 0 Å². The molecule has 0 rings (SSSR count). The molecule has 0 saturated carbocycles. The summed E-state index contributed by atoms with van der Waals surface area (Å²) in [5.74, 6) is 0. The molecule has 0 spiro atoms. The van der Waals surface area contributed by atoms with Crippen molar-refractivity contribution in [1.29, 1.82) is 0 Å². The van der Waals surface area contributed by atoms with E-state index in [0.29, 0.717) is 6.26 Å². The fourth-order valence-corrected chi connectivity index (χ4v) is 0. The Kier molecular flexibility index (Phi) is 7.08. The van der Waals surface area contributed by atoms with Gasteiger partial charge in [-0.1, -0.05) is 0 Å². The van der Waals surface area contributed by atoms with Crippen LogP contribution in [0.25, 0.3) is 0 Å². The molecule has 0 aromatic rings. The predicted octanol–water partition coefficient (Wildman–Crippen LogP) is 0.762. The molecule has 0 aromatic heterocycles. The van der Waals surface area contributed by atoms with E-state index in [1.807, 2.05) is 0 Å². The van der Waals surface area contributed by atoms with Crippen molar-refractivity contribution in [1.82, 2.24) is 0 Å². The van der Waals surface area contributed by atoms with E-state index < -0.39 is 30.2 Å². The molecule has 0 heterocycles. The van der Waals surface area contributed by atoms with Gasteiger partial charge in [-0.25, -0.2) is 0 Å². The second-order valence-corrected chi connectivity index (χ2v) is 2.96. The Morgan fingerprint density at radius 2 is 1.33 bits per heavy atom. The van der Waals surface area contributed by atoms with Crippen LogP contribution in [0.4, 0.5) is 9.07 Å². The van der Waals surface area contributed by atoms with E-state index in [-0.39, 0.29) is 0 Å². The molecule has 0 atom stereocenters. The first-order chi connectivity index (χ1) is 3.73. The molecule has 0 unspecified atom stereocenters. The van der Waals surface area contributed by atoms with Gasteiger partial charge >= 0.3 is 29.2 Å². The molecule has 0 saturated heterocycles. The molecule has 64 valence electrons. The van der Waals surface area contributed by atoms with E-state index in [1.165, 1.54) is 0 Å². The van der Waals surface area contributed by atoms with Crippen molar-refractivity contribution in [2.75, 3.05) is 6.26 Å². The first-order valence-corrected chi connectivity index (χ1v) is 4.80.